The molecule has 0 aliphatic heterocycles. The minimum Gasteiger partial charge on any atom is -0.544 e. The van der Waals surface area contributed by atoms with E-state index in [4.69, 9.17) is 33.8 Å². The van der Waals surface area contributed by atoms with Gasteiger partial charge in [-0.25, -0.2) is 43.9 Å². The molecule has 0 radical (unpaired) electrons. The van der Waals surface area contributed by atoms with Crippen LogP contribution in [-0.4, -0.2) is 126 Å². The number of Topliss-reactive ketones (excluding diaryl/α,β-unsaturated/α-hetero) is 2. The molecule has 4 N–H and O–H groups in total. The van der Waals surface area contributed by atoms with Crippen LogP contribution >= 0.6 is 0 Å². The summed E-state index contributed by atoms with van der Waals surface area (Å²) in [4.78, 5) is 122. The van der Waals surface area contributed by atoms with Gasteiger partial charge < -0.3 is 43.8 Å². The predicted octanol–water partition coefficient (Wildman–Crippen LogP) is 13.0. The van der Waals surface area contributed by atoms with E-state index in [1.165, 1.54) is 28.5 Å². The molecule has 1 amide bonds. The van der Waals surface area contributed by atoms with Gasteiger partial charge in [-0.3, -0.25) is 23.5 Å². The Bertz CT molecular complexity index is 3780. The number of fused-ring (bicyclic) bond motifs is 8. The summed E-state index contributed by atoms with van der Waals surface area (Å²) in [6.45, 7) is 32.2. The molecule has 0 bridgehead atoms. The van der Waals surface area contributed by atoms with Gasteiger partial charge in [-0.1, -0.05) is 13.8 Å². The number of carbonyl (C=O) groups is 8. The van der Waals surface area contributed by atoms with Crippen LogP contribution in [0.15, 0.2) is 43.5 Å². The molecular formula is C69H93ArN9O14Si. The maximum atomic E-state index is 12.9. The first-order chi connectivity index (χ1) is 43.9. The summed E-state index contributed by atoms with van der Waals surface area (Å²) >= 11 is 0. The third-order valence-electron chi connectivity index (χ3n) is 15.1. The second-order valence-corrected chi connectivity index (χ2v) is 29.9. The summed E-state index contributed by atoms with van der Waals surface area (Å²) < 4.78 is 35.2. The molecule has 0 aromatic carbocycles. The molecule has 25 heteroatoms. The largest absolute Gasteiger partial charge is 0.544 e. The van der Waals surface area contributed by atoms with Crippen molar-refractivity contribution in [1.82, 2.24) is 39.0 Å². The van der Waals surface area contributed by atoms with Crippen LogP contribution in [0.25, 0.3) is 28.3 Å². The normalized spacial score (nSPS) is 14.5. The number of hydrogen-bond acceptors (Lipinski definition) is 18. The Hall–Kier alpha value is -7.54. The van der Waals surface area contributed by atoms with Crippen LogP contribution in [0.4, 0.5) is 9.59 Å². The second kappa shape index (κ2) is 33.7. The van der Waals surface area contributed by atoms with Crippen molar-refractivity contribution in [3.8, 4) is 22.5 Å². The number of aromatic amines is 2. The number of nitrogens with one attached hydrogen (secondary N) is 2. The zero-order valence-corrected chi connectivity index (χ0v) is 59.3. The summed E-state index contributed by atoms with van der Waals surface area (Å²) in [5, 5.41) is 0. The molecule has 1 unspecified atom stereocenters. The van der Waals surface area contributed by atoms with Crippen molar-refractivity contribution >= 4 is 61.6 Å². The summed E-state index contributed by atoms with van der Waals surface area (Å²) in [5.74, 6) is -2.68. The molecule has 0 spiro atoms. The molecule has 94 heavy (non-hydrogen) atoms. The maximum Gasteiger partial charge on any atom is 0.418 e. The Kier molecular flexibility index (Phi) is 27.7. The third-order valence-corrected chi connectivity index (χ3v) is 16.0. The number of ether oxygens (including phenoxy) is 5. The molecule has 6 aromatic heterocycles. The van der Waals surface area contributed by atoms with Gasteiger partial charge in [-0.2, -0.15) is 0 Å². The van der Waals surface area contributed by atoms with Gasteiger partial charge in [0.2, 0.25) is 8.32 Å². The average Bonchev–Trinajstić information content (AvgIpc) is 1.64. The van der Waals surface area contributed by atoms with Crippen molar-refractivity contribution in [2.24, 2.45) is 11.7 Å². The molecule has 0 saturated carbocycles. The van der Waals surface area contributed by atoms with Crippen LogP contribution in [0.2, 0.25) is 19.6 Å². The monoisotopic (exact) mass is 1340 g/mol. The maximum absolute atomic E-state index is 12.9. The van der Waals surface area contributed by atoms with Crippen molar-refractivity contribution in [3.63, 3.8) is 0 Å². The molecule has 23 nitrogen and oxygen atoms in total. The van der Waals surface area contributed by atoms with Crippen molar-refractivity contribution in [2.45, 2.75) is 205 Å². The van der Waals surface area contributed by atoms with E-state index in [-0.39, 0.29) is 73.8 Å². The van der Waals surface area contributed by atoms with Crippen LogP contribution in [-0.2, 0) is 71.4 Å². The smallest absolute Gasteiger partial charge is 0.418 e. The second-order valence-electron chi connectivity index (χ2n) is 25.4. The summed E-state index contributed by atoms with van der Waals surface area (Å²) in [7, 11) is -1.91. The van der Waals surface area contributed by atoms with E-state index < -0.39 is 61.3 Å². The summed E-state index contributed by atoms with van der Waals surface area (Å²) in [6.07, 6.45) is 19.6. The number of aromatic nitrogens is 8. The van der Waals surface area contributed by atoms with E-state index in [0.717, 1.165) is 113 Å². The summed E-state index contributed by atoms with van der Waals surface area (Å²) in [6, 6.07) is 0. The third kappa shape index (κ3) is 19.1. The average molecular weight is 1340 g/mol. The minimum absolute atomic E-state index is 0. The molecule has 0 fully saturated rings. The van der Waals surface area contributed by atoms with Gasteiger partial charge >= 0.3 is 30.1 Å². The Labute approximate surface area is 582 Å². The number of primary amides is 1. The van der Waals surface area contributed by atoms with Gasteiger partial charge in [0, 0.05) is 108 Å². The number of H-pyrrole nitrogens is 2. The first-order valence-electron chi connectivity index (χ1n) is 32.1. The molecular weight excluding hydrogens is 1250 g/mol. The van der Waals surface area contributed by atoms with E-state index in [2.05, 4.69) is 49.5 Å². The van der Waals surface area contributed by atoms with E-state index in [1.54, 1.807) is 59.7 Å². The fourth-order valence-electron chi connectivity index (χ4n) is 11.4. The standard InChI is InChI=1S/C20H31NO5Si.C19H25NO6.C15H17N3O2.C13H14N4O.C2H6.Ar/c1-8-24-18(22)14-13-21(19(23)25-20(2,3)4)15-11-9-10-12-16(17(14)15)26-27(5,6)7;1-6-25-17(23)13-10-20(18(24)26-19(3,4)5)14-9-7-8-12(11(2)21)16(22)15(13)14;1-3-20-15(19)11-7-16-12-6-4-5-10-9(2)17-8-18-14(10)13(11)12;1-7-8-3-2-4-10-11(12(8)17-6-16-7)9(5-15-10)13(14)18;1-2;/h12-13H,8-11H2,1-7H3;10,12H,6-9H2,1-5H3;7-8,16H,3-6H2,1-2H3;5-6,15H,2-4H2,1H3,(H2,14,18);1-2H3;. The SMILES string of the molecule is CC.CCOC(=O)c1c[nH]c2c1-c1ncnc(C)c1CCC2.CCOC(=O)c1cn(C(=O)OC(C)(C)C)c2c1C(=O)C(C(C)=O)CCC2.CCOC(=O)c1cn(C(=O)OC(C)(C)C)c2c1C(O[Si](C)(C)C)=CCCC2.Cc1ncnc2c1CCCc1[nH]cc(C(N)=O)c1-2.[Ar]. The molecule has 6 aromatic rings. The van der Waals surface area contributed by atoms with Crippen molar-refractivity contribution in [2.75, 3.05) is 19.8 Å². The van der Waals surface area contributed by atoms with E-state index >= 15 is 0 Å². The Morgan fingerprint density at radius 3 is 1.46 bits per heavy atom. The van der Waals surface area contributed by atoms with Crippen molar-refractivity contribution in [1.29, 1.82) is 0 Å². The molecule has 4 aliphatic carbocycles. The van der Waals surface area contributed by atoms with Gasteiger partial charge in [-0.05, 0) is 197 Å². The van der Waals surface area contributed by atoms with Crippen LogP contribution in [0.3, 0.4) is 0 Å². The zero-order chi connectivity index (χ0) is 68.9. The number of nitrogens with zero attached hydrogens (tertiary/aromatic N) is 6. The first kappa shape index (κ1) is 77.2. The Balaban J connectivity index is 0.000000226. The number of carbonyl (C=O) groups excluding carboxylic acids is 8. The van der Waals surface area contributed by atoms with Gasteiger partial charge in [0.1, 0.15) is 35.4 Å². The van der Waals surface area contributed by atoms with E-state index in [1.807, 2.05) is 61.5 Å². The molecule has 510 valence electrons. The number of ketones is 2. The Morgan fingerprint density at radius 2 is 1.02 bits per heavy atom. The van der Waals surface area contributed by atoms with Gasteiger partial charge in [0.15, 0.2) is 5.78 Å². The Morgan fingerprint density at radius 1 is 0.596 bits per heavy atom. The van der Waals surface area contributed by atoms with E-state index in [0.29, 0.717) is 66.0 Å². The topological polar surface area (TPSA) is 311 Å². The van der Waals surface area contributed by atoms with Crippen LogP contribution in [0.1, 0.15) is 224 Å². The first-order valence-corrected chi connectivity index (χ1v) is 35.5. The molecule has 10 rings (SSSR count). The molecule has 0 saturated heterocycles. The fourth-order valence-corrected chi connectivity index (χ4v) is 12.2. The fraction of sp³-hybridized carbons (Fsp3) is 0.507. The van der Waals surface area contributed by atoms with Crippen molar-refractivity contribution < 1.29 is 104 Å². The number of rotatable bonds is 10. The number of allylic oxidation sites excluding steroid dienone is 1. The van der Waals surface area contributed by atoms with Gasteiger partial charge in [0.05, 0.1) is 70.5 Å². The van der Waals surface area contributed by atoms with Crippen LogP contribution in [0, 0.1) is 57.5 Å². The van der Waals surface area contributed by atoms with E-state index in [9.17, 15) is 38.4 Å². The number of esters is 3. The number of aryl methyl sites for hydroxylation is 4. The van der Waals surface area contributed by atoms with Crippen LogP contribution in [0.5, 0.6) is 0 Å². The predicted molar refractivity (Wildman–Crippen MR) is 354 cm³/mol. The van der Waals surface area contributed by atoms with Crippen molar-refractivity contribution in [3.05, 3.63) is 122 Å². The summed E-state index contributed by atoms with van der Waals surface area (Å²) in [5.41, 5.74) is 17.2. The molecule has 1 atom stereocenters. The quantitative estimate of drug-likeness (QED) is 0.0377. The number of hydrogen-bond donors (Lipinski definition) is 3. The van der Waals surface area contributed by atoms with Gasteiger partial charge in [-0.15, -0.1) is 0 Å². The zero-order valence-electron chi connectivity index (χ0n) is 57.6. The molecule has 4 aliphatic rings. The van der Waals surface area contributed by atoms with Gasteiger partial charge in [0.25, 0.3) is 5.91 Å². The number of nitrogens with two attached hydrogens (primary N) is 1. The minimum atomic E-state index is -1.91. The number of amides is 1. The molecule has 6 heterocycles. The van der Waals surface area contributed by atoms with Crippen LogP contribution < -0.4 is 5.73 Å².